The highest BCUT2D eigenvalue weighted by molar-refractivity contribution is 6.32. The topological polar surface area (TPSA) is 38.1 Å². The molecule has 5 heteroatoms. The number of para-hydroxylation sites is 1. The van der Waals surface area contributed by atoms with Crippen LogP contribution in [0.1, 0.15) is 21.6 Å². The number of hydrogen-bond acceptors (Lipinski definition) is 3. The molecule has 0 aliphatic carbocycles. The Morgan fingerprint density at radius 1 is 1.42 bits per heavy atom. The van der Waals surface area contributed by atoms with Crippen LogP contribution < -0.4 is 0 Å². The van der Waals surface area contributed by atoms with E-state index in [1.54, 1.807) is 10.9 Å². The zero-order valence-electron chi connectivity index (χ0n) is 11.2. The maximum Gasteiger partial charge on any atom is 0.153 e. The van der Waals surface area contributed by atoms with Gasteiger partial charge in [0.25, 0.3) is 0 Å². The fourth-order valence-corrected chi connectivity index (χ4v) is 2.27. The molecule has 0 bridgehead atoms. The number of aromatic nitrogens is 2. The third-order valence-corrected chi connectivity index (χ3v) is 3.15. The molecule has 1 heterocycles. The van der Waals surface area contributed by atoms with Gasteiger partial charge in [0, 0.05) is 12.7 Å². The molecule has 0 fully saturated rings. The predicted octanol–water partition coefficient (Wildman–Crippen LogP) is 2.71. The Bertz CT molecular complexity index is 605. The highest BCUT2D eigenvalue weighted by Crippen LogP contribution is 2.25. The van der Waals surface area contributed by atoms with E-state index in [1.165, 1.54) is 0 Å². The van der Waals surface area contributed by atoms with Crippen molar-refractivity contribution in [2.75, 3.05) is 14.1 Å². The monoisotopic (exact) mass is 277 g/mol. The number of carbonyl (C=O) groups is 1. The van der Waals surface area contributed by atoms with Crippen molar-refractivity contribution in [3.63, 3.8) is 0 Å². The SMILES string of the molecule is Cc1nn(-c2c(Cl)cccc2CN(C)C)cc1C=O. The fraction of sp³-hybridized carbons (Fsp3) is 0.286. The molecule has 0 aliphatic rings. The molecule has 0 amide bonds. The van der Waals surface area contributed by atoms with Crippen LogP contribution in [0.2, 0.25) is 5.02 Å². The van der Waals surface area contributed by atoms with Crippen LogP contribution in [0.15, 0.2) is 24.4 Å². The molecule has 19 heavy (non-hydrogen) atoms. The molecule has 4 nitrogen and oxygen atoms in total. The van der Waals surface area contributed by atoms with E-state index >= 15 is 0 Å². The third-order valence-electron chi connectivity index (χ3n) is 2.85. The van der Waals surface area contributed by atoms with E-state index < -0.39 is 0 Å². The normalized spacial score (nSPS) is 11.0. The highest BCUT2D eigenvalue weighted by Gasteiger charge is 2.13. The average molecular weight is 278 g/mol. The van der Waals surface area contributed by atoms with Crippen LogP contribution in [-0.2, 0) is 6.54 Å². The standard InChI is InChI=1S/C14H16ClN3O/c1-10-12(9-19)8-18(16-10)14-11(7-17(2)3)5-4-6-13(14)15/h4-6,8-9H,7H2,1-3H3. The molecule has 0 N–H and O–H groups in total. The molecule has 2 aromatic rings. The lowest BCUT2D eigenvalue weighted by molar-refractivity contribution is 0.112. The molecule has 0 radical (unpaired) electrons. The molecule has 0 aliphatic heterocycles. The van der Waals surface area contributed by atoms with Crippen LogP contribution in [0, 0.1) is 6.92 Å². The van der Waals surface area contributed by atoms with Crippen LogP contribution in [0.4, 0.5) is 0 Å². The molecule has 0 saturated heterocycles. The minimum Gasteiger partial charge on any atom is -0.305 e. The van der Waals surface area contributed by atoms with Crippen molar-refractivity contribution in [1.82, 2.24) is 14.7 Å². The van der Waals surface area contributed by atoms with Crippen molar-refractivity contribution < 1.29 is 4.79 Å². The van der Waals surface area contributed by atoms with Gasteiger partial charge in [0.05, 0.1) is 22.0 Å². The highest BCUT2D eigenvalue weighted by atomic mass is 35.5. The quantitative estimate of drug-likeness (QED) is 0.807. The van der Waals surface area contributed by atoms with Gasteiger partial charge < -0.3 is 4.90 Å². The molecule has 100 valence electrons. The van der Waals surface area contributed by atoms with E-state index in [9.17, 15) is 4.79 Å². The molecular formula is C14H16ClN3O. The number of halogens is 1. The first-order valence-corrected chi connectivity index (χ1v) is 6.34. The molecule has 0 atom stereocenters. The second-order valence-corrected chi connectivity index (χ2v) is 5.12. The van der Waals surface area contributed by atoms with Gasteiger partial charge in [-0.2, -0.15) is 5.10 Å². The lowest BCUT2D eigenvalue weighted by Gasteiger charge is -2.15. The largest absolute Gasteiger partial charge is 0.305 e. The number of benzene rings is 1. The smallest absolute Gasteiger partial charge is 0.153 e. The van der Waals surface area contributed by atoms with Crippen molar-refractivity contribution in [2.24, 2.45) is 0 Å². The lowest BCUT2D eigenvalue weighted by Crippen LogP contribution is -2.13. The van der Waals surface area contributed by atoms with Crippen LogP contribution >= 0.6 is 11.6 Å². The Kier molecular flexibility index (Phi) is 4.02. The number of aryl methyl sites for hydroxylation is 1. The minimum absolute atomic E-state index is 0.579. The van der Waals surface area contributed by atoms with Gasteiger partial charge >= 0.3 is 0 Å². The number of hydrogen-bond donors (Lipinski definition) is 0. The Balaban J connectivity index is 2.56. The van der Waals surface area contributed by atoms with Gasteiger partial charge in [0.1, 0.15) is 0 Å². The second-order valence-electron chi connectivity index (χ2n) is 4.72. The van der Waals surface area contributed by atoms with E-state index in [0.29, 0.717) is 16.3 Å². The first-order chi connectivity index (χ1) is 9.02. The van der Waals surface area contributed by atoms with Gasteiger partial charge in [-0.25, -0.2) is 4.68 Å². The van der Waals surface area contributed by atoms with Crippen LogP contribution in [0.25, 0.3) is 5.69 Å². The summed E-state index contributed by atoms with van der Waals surface area (Å²) in [6.45, 7) is 2.56. The summed E-state index contributed by atoms with van der Waals surface area (Å²) in [6.07, 6.45) is 2.52. The van der Waals surface area contributed by atoms with Gasteiger partial charge in [-0.05, 0) is 32.6 Å². The zero-order chi connectivity index (χ0) is 14.0. The van der Waals surface area contributed by atoms with Crippen LogP contribution in [0.3, 0.4) is 0 Å². The lowest BCUT2D eigenvalue weighted by atomic mass is 10.1. The molecule has 0 spiro atoms. The summed E-state index contributed by atoms with van der Waals surface area (Å²) in [5, 5.41) is 4.99. The maximum absolute atomic E-state index is 10.9. The number of nitrogens with zero attached hydrogens (tertiary/aromatic N) is 3. The summed E-state index contributed by atoms with van der Waals surface area (Å²) in [6, 6.07) is 5.76. The van der Waals surface area contributed by atoms with E-state index in [-0.39, 0.29) is 0 Å². The van der Waals surface area contributed by atoms with Crippen molar-refractivity contribution >= 4 is 17.9 Å². The number of aldehydes is 1. The van der Waals surface area contributed by atoms with E-state index in [2.05, 4.69) is 10.00 Å². The first-order valence-electron chi connectivity index (χ1n) is 5.97. The van der Waals surface area contributed by atoms with E-state index in [1.807, 2.05) is 39.2 Å². The van der Waals surface area contributed by atoms with Gasteiger partial charge in [-0.15, -0.1) is 0 Å². The Labute approximate surface area is 117 Å². The molecule has 1 aromatic heterocycles. The van der Waals surface area contributed by atoms with Gasteiger partial charge in [-0.3, -0.25) is 4.79 Å². The van der Waals surface area contributed by atoms with Crippen molar-refractivity contribution in [3.05, 3.63) is 46.2 Å². The Morgan fingerprint density at radius 2 is 2.16 bits per heavy atom. The van der Waals surface area contributed by atoms with Gasteiger partial charge in [-0.1, -0.05) is 23.7 Å². The summed E-state index contributed by atoms with van der Waals surface area (Å²) >= 11 is 6.28. The molecular weight excluding hydrogens is 262 g/mol. The van der Waals surface area contributed by atoms with Crippen molar-refractivity contribution in [2.45, 2.75) is 13.5 Å². The molecule has 0 saturated carbocycles. The van der Waals surface area contributed by atoms with E-state index in [4.69, 9.17) is 11.6 Å². The molecule has 2 rings (SSSR count). The fourth-order valence-electron chi connectivity index (χ4n) is 1.99. The van der Waals surface area contributed by atoms with Gasteiger partial charge in [0.2, 0.25) is 0 Å². The average Bonchev–Trinajstić information content (AvgIpc) is 2.69. The van der Waals surface area contributed by atoms with Crippen LogP contribution in [-0.4, -0.2) is 35.1 Å². The first kappa shape index (κ1) is 13.8. The summed E-state index contributed by atoms with van der Waals surface area (Å²) < 4.78 is 1.68. The van der Waals surface area contributed by atoms with Gasteiger partial charge in [0.15, 0.2) is 6.29 Å². The van der Waals surface area contributed by atoms with Crippen LogP contribution in [0.5, 0.6) is 0 Å². The zero-order valence-corrected chi connectivity index (χ0v) is 12.0. The number of carbonyl (C=O) groups excluding carboxylic acids is 1. The Morgan fingerprint density at radius 3 is 2.74 bits per heavy atom. The summed E-state index contributed by atoms with van der Waals surface area (Å²) in [5.41, 5.74) is 3.17. The molecule has 1 aromatic carbocycles. The molecule has 0 unspecified atom stereocenters. The summed E-state index contributed by atoms with van der Waals surface area (Å²) in [7, 11) is 3.99. The van der Waals surface area contributed by atoms with E-state index in [0.717, 1.165) is 24.1 Å². The summed E-state index contributed by atoms with van der Waals surface area (Å²) in [4.78, 5) is 13.0. The maximum atomic E-state index is 10.9. The third kappa shape index (κ3) is 2.85. The number of rotatable bonds is 4. The minimum atomic E-state index is 0.579. The van der Waals surface area contributed by atoms with Crippen molar-refractivity contribution in [1.29, 1.82) is 0 Å². The summed E-state index contributed by atoms with van der Waals surface area (Å²) in [5.74, 6) is 0. The second kappa shape index (κ2) is 5.55. The van der Waals surface area contributed by atoms with Crippen molar-refractivity contribution in [3.8, 4) is 5.69 Å². The predicted molar refractivity (Wildman–Crippen MR) is 76.1 cm³/mol. The Hall–Kier alpha value is -1.65.